The van der Waals surface area contributed by atoms with E-state index in [-0.39, 0.29) is 9.92 Å². The van der Waals surface area contributed by atoms with Crippen molar-refractivity contribution in [1.29, 1.82) is 0 Å². The number of hydrogen-bond donors (Lipinski definition) is 1. The lowest BCUT2D eigenvalue weighted by molar-refractivity contribution is -0.380. The molecule has 19 heavy (non-hydrogen) atoms. The summed E-state index contributed by atoms with van der Waals surface area (Å²) in [5.74, 6) is 0. The van der Waals surface area contributed by atoms with Gasteiger partial charge in [-0.2, -0.15) is 0 Å². The Morgan fingerprint density at radius 3 is 2.47 bits per heavy atom. The van der Waals surface area contributed by atoms with Crippen molar-refractivity contribution in [2.24, 2.45) is 0 Å². The monoisotopic (exact) mass is 340 g/mol. The van der Waals surface area contributed by atoms with Gasteiger partial charge in [-0.15, -0.1) is 0 Å². The van der Waals surface area contributed by atoms with Crippen molar-refractivity contribution < 1.29 is 4.92 Å². The number of benzene rings is 1. The number of nitrogens with zero attached hydrogens (tertiary/aromatic N) is 1. The lowest BCUT2D eigenvalue weighted by atomic mass is 10.1. The molecule has 0 fully saturated rings. The molecule has 0 bridgehead atoms. The second-order valence-electron chi connectivity index (χ2n) is 4.27. The van der Waals surface area contributed by atoms with Gasteiger partial charge in [0.2, 0.25) is 0 Å². The van der Waals surface area contributed by atoms with E-state index < -0.39 is 0 Å². The van der Waals surface area contributed by atoms with Crippen LogP contribution < -0.4 is 5.32 Å². The molecule has 0 saturated heterocycles. The SMILES string of the molecule is Cc1cc(NCc2ccc([N+](=O)[O-])s2)cc(C)c1Br. The van der Waals surface area contributed by atoms with Crippen LogP contribution in [0.2, 0.25) is 0 Å². The fourth-order valence-corrected chi connectivity index (χ4v) is 2.79. The molecule has 0 saturated carbocycles. The highest BCUT2D eigenvalue weighted by molar-refractivity contribution is 9.10. The Kier molecular flexibility index (Phi) is 4.21. The van der Waals surface area contributed by atoms with Crippen molar-refractivity contribution in [2.45, 2.75) is 20.4 Å². The van der Waals surface area contributed by atoms with Crippen LogP contribution in [0.4, 0.5) is 10.7 Å². The Balaban J connectivity index is 2.08. The standard InChI is InChI=1S/C13H13BrN2O2S/c1-8-5-10(6-9(2)13(8)14)15-7-11-3-4-12(19-11)16(17)18/h3-6,15H,7H2,1-2H3. The first-order valence-electron chi connectivity index (χ1n) is 5.71. The van der Waals surface area contributed by atoms with Crippen LogP contribution in [0.1, 0.15) is 16.0 Å². The maximum absolute atomic E-state index is 10.6. The molecule has 100 valence electrons. The zero-order chi connectivity index (χ0) is 14.0. The predicted octanol–water partition coefficient (Wildman–Crippen LogP) is 4.65. The summed E-state index contributed by atoms with van der Waals surface area (Å²) >= 11 is 4.73. The van der Waals surface area contributed by atoms with E-state index in [1.54, 1.807) is 12.1 Å². The zero-order valence-corrected chi connectivity index (χ0v) is 13.0. The number of hydrogen-bond acceptors (Lipinski definition) is 4. The van der Waals surface area contributed by atoms with Gasteiger partial charge in [0.25, 0.3) is 0 Å². The van der Waals surface area contributed by atoms with Crippen LogP contribution in [0.3, 0.4) is 0 Å². The van der Waals surface area contributed by atoms with E-state index in [1.165, 1.54) is 22.5 Å². The Hall–Kier alpha value is -1.40. The van der Waals surface area contributed by atoms with Crippen LogP contribution in [-0.4, -0.2) is 4.92 Å². The fourth-order valence-electron chi connectivity index (χ4n) is 1.80. The van der Waals surface area contributed by atoms with E-state index in [0.29, 0.717) is 6.54 Å². The van der Waals surface area contributed by atoms with Gasteiger partial charge in [0.05, 0.1) is 4.92 Å². The minimum Gasteiger partial charge on any atom is -0.380 e. The quantitative estimate of drug-likeness (QED) is 0.651. The molecular weight excluding hydrogens is 328 g/mol. The minimum atomic E-state index is -0.359. The van der Waals surface area contributed by atoms with Gasteiger partial charge < -0.3 is 5.32 Å². The highest BCUT2D eigenvalue weighted by atomic mass is 79.9. The van der Waals surface area contributed by atoms with Crippen LogP contribution in [0, 0.1) is 24.0 Å². The molecule has 1 heterocycles. The number of aryl methyl sites for hydroxylation is 2. The largest absolute Gasteiger partial charge is 0.380 e. The summed E-state index contributed by atoms with van der Waals surface area (Å²) in [5, 5.41) is 14.1. The average molecular weight is 341 g/mol. The Morgan fingerprint density at radius 1 is 1.32 bits per heavy atom. The number of nitro groups is 1. The van der Waals surface area contributed by atoms with E-state index in [2.05, 4.69) is 33.4 Å². The lowest BCUT2D eigenvalue weighted by Crippen LogP contribution is -1.98. The van der Waals surface area contributed by atoms with Crippen molar-refractivity contribution in [3.63, 3.8) is 0 Å². The van der Waals surface area contributed by atoms with Crippen LogP contribution in [-0.2, 0) is 6.54 Å². The molecule has 1 aromatic heterocycles. The second kappa shape index (κ2) is 5.71. The van der Waals surface area contributed by atoms with Gasteiger partial charge >= 0.3 is 5.00 Å². The summed E-state index contributed by atoms with van der Waals surface area (Å²) in [6.45, 7) is 4.68. The summed E-state index contributed by atoms with van der Waals surface area (Å²) in [6, 6.07) is 7.44. The first-order valence-corrected chi connectivity index (χ1v) is 7.32. The van der Waals surface area contributed by atoms with Crippen LogP contribution in [0.15, 0.2) is 28.7 Å². The normalized spacial score (nSPS) is 10.5. The topological polar surface area (TPSA) is 55.2 Å². The van der Waals surface area contributed by atoms with Gasteiger partial charge in [-0.1, -0.05) is 27.3 Å². The molecule has 4 nitrogen and oxygen atoms in total. The fraction of sp³-hybridized carbons (Fsp3) is 0.231. The third kappa shape index (κ3) is 3.33. The van der Waals surface area contributed by atoms with Gasteiger partial charge in [0, 0.05) is 27.6 Å². The number of halogens is 1. The van der Waals surface area contributed by atoms with Gasteiger partial charge in [0.1, 0.15) is 0 Å². The lowest BCUT2D eigenvalue weighted by Gasteiger charge is -2.09. The summed E-state index contributed by atoms with van der Waals surface area (Å²) in [4.78, 5) is 11.2. The molecule has 0 aliphatic heterocycles. The molecule has 1 N–H and O–H groups in total. The number of rotatable bonds is 4. The summed E-state index contributed by atoms with van der Waals surface area (Å²) in [5.41, 5.74) is 3.36. The highest BCUT2D eigenvalue weighted by Crippen LogP contribution is 2.27. The van der Waals surface area contributed by atoms with Gasteiger partial charge in [-0.3, -0.25) is 10.1 Å². The summed E-state index contributed by atoms with van der Waals surface area (Å²) in [7, 11) is 0. The van der Waals surface area contributed by atoms with Crippen LogP contribution in [0.5, 0.6) is 0 Å². The van der Waals surface area contributed by atoms with Crippen molar-refractivity contribution in [1.82, 2.24) is 0 Å². The molecular formula is C13H13BrN2O2S. The van der Waals surface area contributed by atoms with Crippen LogP contribution >= 0.6 is 27.3 Å². The van der Waals surface area contributed by atoms with Crippen molar-refractivity contribution in [3.8, 4) is 0 Å². The van der Waals surface area contributed by atoms with Crippen LogP contribution in [0.25, 0.3) is 0 Å². The van der Waals surface area contributed by atoms with E-state index in [0.717, 1.165) is 15.0 Å². The van der Waals surface area contributed by atoms with E-state index >= 15 is 0 Å². The minimum absolute atomic E-state index is 0.181. The molecule has 0 radical (unpaired) electrons. The molecule has 2 aromatic rings. The van der Waals surface area contributed by atoms with Crippen molar-refractivity contribution in [3.05, 3.63) is 54.9 Å². The molecule has 0 spiro atoms. The average Bonchev–Trinajstić information content (AvgIpc) is 2.82. The first-order chi connectivity index (χ1) is 8.97. The number of anilines is 1. The smallest absolute Gasteiger partial charge is 0.324 e. The second-order valence-corrected chi connectivity index (χ2v) is 6.21. The van der Waals surface area contributed by atoms with E-state index in [1.807, 2.05) is 13.8 Å². The molecule has 2 rings (SSSR count). The molecule has 1 aromatic carbocycles. The van der Waals surface area contributed by atoms with Gasteiger partial charge in [0.15, 0.2) is 0 Å². The molecule has 0 aliphatic carbocycles. The Morgan fingerprint density at radius 2 is 1.95 bits per heavy atom. The van der Waals surface area contributed by atoms with E-state index in [9.17, 15) is 10.1 Å². The van der Waals surface area contributed by atoms with Crippen molar-refractivity contribution in [2.75, 3.05) is 5.32 Å². The third-order valence-electron chi connectivity index (χ3n) is 2.73. The predicted molar refractivity (Wildman–Crippen MR) is 81.9 cm³/mol. The Labute approximate surface area is 123 Å². The van der Waals surface area contributed by atoms with Gasteiger partial charge in [-0.25, -0.2) is 0 Å². The van der Waals surface area contributed by atoms with Crippen molar-refractivity contribution >= 4 is 38.0 Å². The first kappa shape index (κ1) is 14.0. The number of thiophene rings is 1. The molecule has 0 atom stereocenters. The summed E-state index contributed by atoms with van der Waals surface area (Å²) in [6.07, 6.45) is 0. The molecule has 6 heteroatoms. The third-order valence-corrected chi connectivity index (χ3v) is 5.02. The highest BCUT2D eigenvalue weighted by Gasteiger charge is 2.09. The molecule has 0 amide bonds. The summed E-state index contributed by atoms with van der Waals surface area (Å²) < 4.78 is 1.12. The molecule has 0 unspecified atom stereocenters. The number of nitrogens with one attached hydrogen (secondary N) is 1. The molecule has 0 aliphatic rings. The zero-order valence-electron chi connectivity index (χ0n) is 10.6. The van der Waals surface area contributed by atoms with Gasteiger partial charge in [-0.05, 0) is 43.2 Å². The maximum atomic E-state index is 10.6. The maximum Gasteiger partial charge on any atom is 0.324 e. The Bertz CT molecular complexity index is 602. The van der Waals surface area contributed by atoms with E-state index in [4.69, 9.17) is 0 Å².